The normalized spacial score (nSPS) is 16.3. The van der Waals surface area contributed by atoms with Crippen molar-refractivity contribution in [3.63, 3.8) is 0 Å². The maximum atomic E-state index is 12.7. The third-order valence-corrected chi connectivity index (χ3v) is 4.31. The monoisotopic (exact) mass is 309 g/mol. The molecule has 0 unspecified atom stereocenters. The van der Waals surface area contributed by atoms with E-state index in [0.29, 0.717) is 24.0 Å². The van der Waals surface area contributed by atoms with E-state index in [4.69, 9.17) is 0 Å². The molecule has 0 aliphatic carbocycles. The lowest BCUT2D eigenvalue weighted by Gasteiger charge is -2.30. The second-order valence-corrected chi connectivity index (χ2v) is 5.76. The summed E-state index contributed by atoms with van der Waals surface area (Å²) in [6, 6.07) is 15.9. The fraction of sp³-hybridized carbons (Fsp3) is 0.263. The summed E-state index contributed by atoms with van der Waals surface area (Å²) in [6.07, 6.45) is 0.170. The molecular formula is C19H19NO3. The van der Waals surface area contributed by atoms with Gasteiger partial charge >= 0.3 is 0 Å². The molecule has 1 aliphatic rings. The SMILES string of the molecule is CC[C@H](O)[C@H](Cc1ccccc1)N1C(=O)c2ccccc2C1=O. The van der Waals surface area contributed by atoms with Gasteiger partial charge in [-0.05, 0) is 30.5 Å². The summed E-state index contributed by atoms with van der Waals surface area (Å²) in [7, 11) is 0. The number of aliphatic hydroxyl groups is 1. The van der Waals surface area contributed by atoms with Crippen LogP contribution in [-0.2, 0) is 6.42 Å². The Bertz CT molecular complexity index is 691. The van der Waals surface area contributed by atoms with Crippen molar-refractivity contribution in [3.8, 4) is 0 Å². The average Bonchev–Trinajstić information content (AvgIpc) is 2.85. The lowest BCUT2D eigenvalue weighted by atomic mass is 9.98. The Morgan fingerprint density at radius 1 is 0.913 bits per heavy atom. The number of aliphatic hydroxyl groups excluding tert-OH is 1. The Morgan fingerprint density at radius 2 is 1.43 bits per heavy atom. The van der Waals surface area contributed by atoms with Gasteiger partial charge in [-0.2, -0.15) is 0 Å². The highest BCUT2D eigenvalue weighted by Crippen LogP contribution is 2.27. The summed E-state index contributed by atoms with van der Waals surface area (Å²) in [4.78, 5) is 26.5. The molecule has 4 nitrogen and oxygen atoms in total. The van der Waals surface area contributed by atoms with Crippen LogP contribution in [0, 0.1) is 0 Å². The first-order valence-electron chi connectivity index (χ1n) is 7.82. The van der Waals surface area contributed by atoms with Gasteiger partial charge in [0.25, 0.3) is 11.8 Å². The molecule has 118 valence electrons. The van der Waals surface area contributed by atoms with Crippen LogP contribution in [0.2, 0.25) is 0 Å². The third-order valence-electron chi connectivity index (χ3n) is 4.31. The van der Waals surface area contributed by atoms with E-state index < -0.39 is 12.1 Å². The lowest BCUT2D eigenvalue weighted by molar-refractivity contribution is 0.0330. The Balaban J connectivity index is 1.95. The molecule has 2 amide bonds. The molecule has 3 rings (SSSR count). The lowest BCUT2D eigenvalue weighted by Crippen LogP contribution is -2.48. The van der Waals surface area contributed by atoms with Gasteiger partial charge in [-0.25, -0.2) is 0 Å². The van der Waals surface area contributed by atoms with Crippen LogP contribution < -0.4 is 0 Å². The van der Waals surface area contributed by atoms with E-state index >= 15 is 0 Å². The van der Waals surface area contributed by atoms with Crippen molar-refractivity contribution in [3.05, 3.63) is 71.3 Å². The molecule has 2 atom stereocenters. The highest BCUT2D eigenvalue weighted by molar-refractivity contribution is 6.21. The quantitative estimate of drug-likeness (QED) is 0.864. The van der Waals surface area contributed by atoms with Gasteiger partial charge < -0.3 is 5.11 Å². The average molecular weight is 309 g/mol. The number of amides is 2. The van der Waals surface area contributed by atoms with Crippen molar-refractivity contribution in [2.75, 3.05) is 0 Å². The van der Waals surface area contributed by atoms with Crippen LogP contribution >= 0.6 is 0 Å². The number of benzene rings is 2. The molecule has 2 aromatic rings. The second kappa shape index (κ2) is 6.34. The second-order valence-electron chi connectivity index (χ2n) is 5.76. The number of nitrogens with zero attached hydrogens (tertiary/aromatic N) is 1. The highest BCUT2D eigenvalue weighted by atomic mass is 16.3. The minimum absolute atomic E-state index is 0.320. The van der Waals surface area contributed by atoms with E-state index in [1.54, 1.807) is 24.3 Å². The van der Waals surface area contributed by atoms with Crippen molar-refractivity contribution in [2.45, 2.75) is 31.9 Å². The van der Waals surface area contributed by atoms with E-state index in [0.717, 1.165) is 5.56 Å². The van der Waals surface area contributed by atoms with Crippen molar-refractivity contribution in [1.29, 1.82) is 0 Å². The summed E-state index contributed by atoms with van der Waals surface area (Å²) in [5, 5.41) is 10.4. The van der Waals surface area contributed by atoms with Gasteiger partial charge in [0.15, 0.2) is 0 Å². The first-order chi connectivity index (χ1) is 11.1. The Kier molecular flexibility index (Phi) is 4.26. The Morgan fingerprint density at radius 3 is 1.96 bits per heavy atom. The molecule has 0 bridgehead atoms. The van der Waals surface area contributed by atoms with Crippen molar-refractivity contribution < 1.29 is 14.7 Å². The fourth-order valence-corrected chi connectivity index (χ4v) is 3.04. The zero-order valence-corrected chi connectivity index (χ0v) is 13.0. The maximum absolute atomic E-state index is 12.7. The molecule has 0 radical (unpaired) electrons. The molecule has 23 heavy (non-hydrogen) atoms. The molecule has 0 spiro atoms. The number of imide groups is 1. The fourth-order valence-electron chi connectivity index (χ4n) is 3.04. The van der Waals surface area contributed by atoms with Gasteiger partial charge in [0.1, 0.15) is 0 Å². The maximum Gasteiger partial charge on any atom is 0.261 e. The van der Waals surface area contributed by atoms with Gasteiger partial charge in [-0.15, -0.1) is 0 Å². The van der Waals surface area contributed by atoms with E-state index in [1.165, 1.54) is 4.90 Å². The van der Waals surface area contributed by atoms with Crippen molar-refractivity contribution in [2.24, 2.45) is 0 Å². The molecule has 1 heterocycles. The summed E-state index contributed by atoms with van der Waals surface area (Å²) >= 11 is 0. The zero-order chi connectivity index (χ0) is 16.4. The molecule has 0 saturated carbocycles. The number of hydrogen-bond donors (Lipinski definition) is 1. The predicted octanol–water partition coefficient (Wildman–Crippen LogP) is 2.66. The van der Waals surface area contributed by atoms with E-state index in [9.17, 15) is 14.7 Å². The molecule has 2 aromatic carbocycles. The standard InChI is InChI=1S/C19H19NO3/c1-2-17(21)16(12-13-8-4-3-5-9-13)20-18(22)14-10-6-7-11-15(14)19(20)23/h3-11,16-17,21H,2,12H2,1H3/t16-,17-/m0/s1. The molecule has 0 aromatic heterocycles. The molecule has 1 N–H and O–H groups in total. The zero-order valence-electron chi connectivity index (χ0n) is 13.0. The minimum atomic E-state index is -0.752. The van der Waals surface area contributed by atoms with Crippen LogP contribution in [0.25, 0.3) is 0 Å². The van der Waals surface area contributed by atoms with E-state index in [-0.39, 0.29) is 11.8 Å². The van der Waals surface area contributed by atoms with Crippen LogP contribution in [0.4, 0.5) is 0 Å². The summed E-state index contributed by atoms with van der Waals surface area (Å²) in [5.41, 5.74) is 1.82. The summed E-state index contributed by atoms with van der Waals surface area (Å²) in [6.45, 7) is 1.85. The Hall–Kier alpha value is -2.46. The molecule has 1 aliphatic heterocycles. The Labute approximate surface area is 135 Å². The summed E-state index contributed by atoms with van der Waals surface area (Å²) in [5.74, 6) is -0.641. The number of hydrogen-bond acceptors (Lipinski definition) is 3. The van der Waals surface area contributed by atoms with Crippen LogP contribution in [0.1, 0.15) is 39.6 Å². The smallest absolute Gasteiger partial charge is 0.261 e. The number of rotatable bonds is 5. The van der Waals surface area contributed by atoms with Gasteiger partial charge in [-0.3, -0.25) is 14.5 Å². The van der Waals surface area contributed by atoms with Gasteiger partial charge in [0, 0.05) is 0 Å². The highest BCUT2D eigenvalue weighted by Gasteiger charge is 2.41. The summed E-state index contributed by atoms with van der Waals surface area (Å²) < 4.78 is 0. The number of carbonyl (C=O) groups is 2. The largest absolute Gasteiger partial charge is 0.391 e. The van der Waals surface area contributed by atoms with Crippen molar-refractivity contribution in [1.82, 2.24) is 4.90 Å². The van der Waals surface area contributed by atoms with Crippen LogP contribution in [0.3, 0.4) is 0 Å². The van der Waals surface area contributed by atoms with Crippen LogP contribution in [0.15, 0.2) is 54.6 Å². The molecule has 4 heteroatoms. The number of carbonyl (C=O) groups excluding carboxylic acids is 2. The van der Waals surface area contributed by atoms with Crippen molar-refractivity contribution >= 4 is 11.8 Å². The van der Waals surface area contributed by atoms with Gasteiger partial charge in [0.05, 0.1) is 23.3 Å². The molecule has 0 saturated heterocycles. The predicted molar refractivity (Wildman–Crippen MR) is 87.2 cm³/mol. The van der Waals surface area contributed by atoms with Crippen LogP contribution in [0.5, 0.6) is 0 Å². The third kappa shape index (κ3) is 2.78. The topological polar surface area (TPSA) is 57.6 Å². The number of fused-ring (bicyclic) bond motifs is 1. The van der Waals surface area contributed by atoms with Gasteiger partial charge in [-0.1, -0.05) is 49.4 Å². The van der Waals surface area contributed by atoms with E-state index in [1.807, 2.05) is 37.3 Å². The first-order valence-corrected chi connectivity index (χ1v) is 7.82. The van der Waals surface area contributed by atoms with Gasteiger partial charge in [0.2, 0.25) is 0 Å². The van der Waals surface area contributed by atoms with Crippen LogP contribution in [-0.4, -0.2) is 34.0 Å². The minimum Gasteiger partial charge on any atom is -0.391 e. The van der Waals surface area contributed by atoms with E-state index in [2.05, 4.69) is 0 Å². The first kappa shape index (κ1) is 15.4. The molecular weight excluding hydrogens is 290 g/mol. The molecule has 0 fully saturated rings.